The molecular formula is C19H38N2O2. The predicted octanol–water partition coefficient (Wildman–Crippen LogP) is 3.01. The number of likely N-dealkylation sites (tertiary alicyclic amines) is 2. The van der Waals surface area contributed by atoms with Crippen LogP contribution in [0.25, 0.3) is 0 Å². The Balaban J connectivity index is 0.000000924. The lowest BCUT2D eigenvalue weighted by atomic mass is 9.91. The molecule has 2 saturated heterocycles. The molecule has 0 aromatic rings. The van der Waals surface area contributed by atoms with Crippen LogP contribution in [0, 0.1) is 5.92 Å². The van der Waals surface area contributed by atoms with Gasteiger partial charge in [-0.1, -0.05) is 13.8 Å². The van der Waals surface area contributed by atoms with E-state index in [1.165, 1.54) is 58.4 Å². The van der Waals surface area contributed by atoms with E-state index < -0.39 is 0 Å². The van der Waals surface area contributed by atoms with Gasteiger partial charge in [-0.2, -0.15) is 0 Å². The Morgan fingerprint density at radius 1 is 0.913 bits per heavy atom. The van der Waals surface area contributed by atoms with E-state index in [9.17, 15) is 0 Å². The van der Waals surface area contributed by atoms with Gasteiger partial charge < -0.3 is 19.3 Å². The standard InChI is InChI=1S/C17H32N2O2.C2H6/c1-18-7-3-4-14(12-18)13-19-8-5-15(6-9-19)21-17-10-16(11-17)20-2;1-2/h14-17H,3-13H2,1-2H3;1-2H3. The summed E-state index contributed by atoms with van der Waals surface area (Å²) in [5.41, 5.74) is 0. The third kappa shape index (κ3) is 6.00. The lowest BCUT2D eigenvalue weighted by Gasteiger charge is -2.40. The van der Waals surface area contributed by atoms with E-state index in [0.29, 0.717) is 18.3 Å². The Morgan fingerprint density at radius 2 is 1.61 bits per heavy atom. The maximum Gasteiger partial charge on any atom is 0.0628 e. The normalized spacial score (nSPS) is 33.7. The summed E-state index contributed by atoms with van der Waals surface area (Å²) in [7, 11) is 4.07. The van der Waals surface area contributed by atoms with Gasteiger partial charge in [-0.25, -0.2) is 0 Å². The molecule has 0 amide bonds. The molecule has 4 nitrogen and oxygen atoms in total. The number of ether oxygens (including phenoxy) is 2. The summed E-state index contributed by atoms with van der Waals surface area (Å²) in [6, 6.07) is 0. The zero-order valence-electron chi connectivity index (χ0n) is 15.8. The molecule has 2 aliphatic heterocycles. The highest BCUT2D eigenvalue weighted by molar-refractivity contribution is 4.84. The molecule has 0 bridgehead atoms. The van der Waals surface area contributed by atoms with Gasteiger partial charge in [-0.3, -0.25) is 0 Å². The highest BCUT2D eigenvalue weighted by Crippen LogP contribution is 2.29. The van der Waals surface area contributed by atoms with Crippen LogP contribution in [0.1, 0.15) is 52.4 Å². The van der Waals surface area contributed by atoms with Gasteiger partial charge in [0.1, 0.15) is 0 Å². The van der Waals surface area contributed by atoms with E-state index in [4.69, 9.17) is 9.47 Å². The first-order chi connectivity index (χ1) is 11.2. The molecule has 0 aromatic heterocycles. The van der Waals surface area contributed by atoms with E-state index >= 15 is 0 Å². The summed E-state index contributed by atoms with van der Waals surface area (Å²) in [6.07, 6.45) is 8.86. The lowest BCUT2D eigenvalue weighted by Crippen LogP contribution is -2.45. The van der Waals surface area contributed by atoms with Crippen LogP contribution < -0.4 is 0 Å². The molecule has 3 rings (SSSR count). The minimum absolute atomic E-state index is 0.457. The molecule has 1 aliphatic carbocycles. The van der Waals surface area contributed by atoms with E-state index in [-0.39, 0.29) is 0 Å². The molecule has 3 fully saturated rings. The summed E-state index contributed by atoms with van der Waals surface area (Å²) in [5.74, 6) is 0.885. The van der Waals surface area contributed by atoms with Crippen molar-refractivity contribution in [2.24, 2.45) is 5.92 Å². The average Bonchev–Trinajstić information content (AvgIpc) is 2.54. The molecule has 0 spiro atoms. The fourth-order valence-corrected chi connectivity index (χ4v) is 4.11. The largest absolute Gasteiger partial charge is 0.381 e. The van der Waals surface area contributed by atoms with Crippen LogP contribution in [0.15, 0.2) is 0 Å². The molecule has 4 heteroatoms. The van der Waals surface area contributed by atoms with Crippen molar-refractivity contribution in [1.29, 1.82) is 0 Å². The maximum atomic E-state index is 6.20. The second-order valence-electron chi connectivity index (χ2n) is 7.36. The van der Waals surface area contributed by atoms with Crippen LogP contribution in [-0.2, 0) is 9.47 Å². The topological polar surface area (TPSA) is 24.9 Å². The average molecular weight is 327 g/mol. The van der Waals surface area contributed by atoms with Gasteiger partial charge in [0.15, 0.2) is 0 Å². The Labute approximate surface area is 143 Å². The number of rotatable bonds is 5. The molecule has 0 aromatic carbocycles. The quantitative estimate of drug-likeness (QED) is 0.775. The number of nitrogens with zero attached hydrogens (tertiary/aromatic N) is 2. The first kappa shape index (κ1) is 19.2. The summed E-state index contributed by atoms with van der Waals surface area (Å²) in [6.45, 7) is 10.3. The number of hydrogen-bond acceptors (Lipinski definition) is 4. The third-order valence-corrected chi connectivity index (χ3v) is 5.54. The van der Waals surface area contributed by atoms with Crippen LogP contribution in [0.2, 0.25) is 0 Å². The Bertz CT molecular complexity index is 312. The first-order valence-electron chi connectivity index (χ1n) is 9.82. The van der Waals surface area contributed by atoms with Gasteiger partial charge in [-0.05, 0) is 58.0 Å². The summed E-state index contributed by atoms with van der Waals surface area (Å²) < 4.78 is 11.5. The molecule has 1 atom stereocenters. The number of hydrogen-bond donors (Lipinski definition) is 0. The molecule has 0 N–H and O–H groups in total. The van der Waals surface area contributed by atoms with Gasteiger partial charge in [0.05, 0.1) is 18.3 Å². The summed E-state index contributed by atoms with van der Waals surface area (Å²) in [5, 5.41) is 0. The van der Waals surface area contributed by atoms with Crippen molar-refractivity contribution in [2.75, 3.05) is 46.9 Å². The predicted molar refractivity (Wildman–Crippen MR) is 95.9 cm³/mol. The highest BCUT2D eigenvalue weighted by Gasteiger charge is 2.33. The molecule has 136 valence electrons. The first-order valence-corrected chi connectivity index (χ1v) is 9.82. The fraction of sp³-hybridized carbons (Fsp3) is 1.00. The molecule has 3 aliphatic rings. The van der Waals surface area contributed by atoms with Crippen LogP contribution in [0.5, 0.6) is 0 Å². The van der Waals surface area contributed by atoms with Crippen LogP contribution >= 0.6 is 0 Å². The van der Waals surface area contributed by atoms with E-state index in [1.807, 2.05) is 21.0 Å². The maximum absolute atomic E-state index is 6.20. The van der Waals surface area contributed by atoms with Crippen molar-refractivity contribution < 1.29 is 9.47 Å². The van der Waals surface area contributed by atoms with Gasteiger partial charge in [-0.15, -0.1) is 0 Å². The van der Waals surface area contributed by atoms with Crippen molar-refractivity contribution >= 4 is 0 Å². The Morgan fingerprint density at radius 3 is 2.22 bits per heavy atom. The smallest absolute Gasteiger partial charge is 0.0628 e. The molecule has 1 unspecified atom stereocenters. The molecular weight excluding hydrogens is 288 g/mol. The summed E-state index contributed by atoms with van der Waals surface area (Å²) in [4.78, 5) is 5.16. The number of methoxy groups -OCH3 is 1. The summed E-state index contributed by atoms with van der Waals surface area (Å²) >= 11 is 0. The van der Waals surface area contributed by atoms with E-state index in [2.05, 4.69) is 16.8 Å². The SMILES string of the molecule is CC.COC1CC(OC2CCN(CC3CCCN(C)C3)CC2)C1. The van der Waals surface area contributed by atoms with Gasteiger partial charge in [0.25, 0.3) is 0 Å². The minimum atomic E-state index is 0.457. The van der Waals surface area contributed by atoms with Crippen molar-refractivity contribution in [3.05, 3.63) is 0 Å². The van der Waals surface area contributed by atoms with Crippen LogP contribution in [0.4, 0.5) is 0 Å². The number of piperidine rings is 2. The van der Waals surface area contributed by atoms with Crippen molar-refractivity contribution in [3.63, 3.8) is 0 Å². The minimum Gasteiger partial charge on any atom is -0.381 e. The van der Waals surface area contributed by atoms with Crippen molar-refractivity contribution in [3.8, 4) is 0 Å². The second kappa shape index (κ2) is 9.97. The van der Waals surface area contributed by atoms with E-state index in [0.717, 1.165) is 18.8 Å². The zero-order chi connectivity index (χ0) is 16.7. The second-order valence-corrected chi connectivity index (χ2v) is 7.36. The van der Waals surface area contributed by atoms with Gasteiger partial charge in [0, 0.05) is 33.3 Å². The van der Waals surface area contributed by atoms with Crippen LogP contribution in [0.3, 0.4) is 0 Å². The van der Waals surface area contributed by atoms with E-state index in [1.54, 1.807) is 0 Å². The van der Waals surface area contributed by atoms with Crippen molar-refractivity contribution in [1.82, 2.24) is 9.80 Å². The van der Waals surface area contributed by atoms with Gasteiger partial charge in [0.2, 0.25) is 0 Å². The monoisotopic (exact) mass is 326 g/mol. The zero-order valence-corrected chi connectivity index (χ0v) is 15.8. The van der Waals surface area contributed by atoms with Crippen LogP contribution in [-0.4, -0.2) is 75.0 Å². The Hall–Kier alpha value is -0.160. The molecule has 2 heterocycles. The highest BCUT2D eigenvalue weighted by atomic mass is 16.5. The van der Waals surface area contributed by atoms with Crippen molar-refractivity contribution in [2.45, 2.75) is 70.7 Å². The third-order valence-electron chi connectivity index (χ3n) is 5.54. The lowest BCUT2D eigenvalue weighted by molar-refractivity contribution is -0.126. The molecule has 23 heavy (non-hydrogen) atoms. The fourth-order valence-electron chi connectivity index (χ4n) is 4.11. The van der Waals surface area contributed by atoms with Gasteiger partial charge >= 0.3 is 0 Å². The molecule has 0 radical (unpaired) electrons. The molecule has 1 saturated carbocycles. The Kier molecular flexibility index (Phi) is 8.31.